The van der Waals surface area contributed by atoms with Crippen LogP contribution in [0.1, 0.15) is 37.8 Å². The second-order valence-corrected chi connectivity index (χ2v) is 8.56. The molecule has 0 atom stereocenters. The zero-order valence-electron chi connectivity index (χ0n) is 19.0. The zero-order chi connectivity index (χ0) is 23.9. The molecule has 32 heavy (non-hydrogen) atoms. The van der Waals surface area contributed by atoms with Crippen molar-refractivity contribution in [1.82, 2.24) is 5.32 Å². The van der Waals surface area contributed by atoms with Gasteiger partial charge in [-0.15, -0.1) is 0 Å². The van der Waals surface area contributed by atoms with E-state index < -0.39 is 10.3 Å². The van der Waals surface area contributed by atoms with Crippen LogP contribution in [-0.2, 0) is 4.79 Å². The van der Waals surface area contributed by atoms with Gasteiger partial charge in [-0.05, 0) is 68.2 Å². The van der Waals surface area contributed by atoms with Gasteiger partial charge in [0, 0.05) is 5.41 Å². The van der Waals surface area contributed by atoms with E-state index in [2.05, 4.69) is 10.6 Å². The number of nitrogens with one attached hydrogen (secondary N) is 2. The van der Waals surface area contributed by atoms with E-state index in [-0.39, 0.29) is 22.4 Å². The summed E-state index contributed by atoms with van der Waals surface area (Å²) in [6, 6.07) is 10.4. The number of carbonyl (C=O) groups excluding carboxylic acids is 1. The van der Waals surface area contributed by atoms with Crippen LogP contribution in [0.15, 0.2) is 36.4 Å². The number of benzene rings is 2. The zero-order valence-corrected chi connectivity index (χ0v) is 19.8. The number of methoxy groups -OCH3 is 1. The molecule has 0 aliphatic carbocycles. The number of nitro benzene ring substituents is 1. The van der Waals surface area contributed by atoms with E-state index in [0.29, 0.717) is 25.2 Å². The van der Waals surface area contributed by atoms with Crippen molar-refractivity contribution >= 4 is 34.6 Å². The third-order valence-electron chi connectivity index (χ3n) is 5.04. The van der Waals surface area contributed by atoms with Gasteiger partial charge >= 0.3 is 0 Å². The van der Waals surface area contributed by atoms with E-state index in [1.165, 1.54) is 19.2 Å². The average Bonchev–Trinajstić information content (AvgIpc) is 2.73. The molecule has 1 amide bonds. The highest BCUT2D eigenvalue weighted by atomic mass is 32.1. The molecule has 0 spiro atoms. The van der Waals surface area contributed by atoms with E-state index in [4.69, 9.17) is 21.7 Å². The van der Waals surface area contributed by atoms with Crippen LogP contribution in [0.2, 0.25) is 0 Å². The molecule has 0 aliphatic rings. The summed E-state index contributed by atoms with van der Waals surface area (Å²) < 4.78 is 10.9. The Bertz CT molecular complexity index is 1010. The number of thiocarbonyl (C=S) groups is 1. The summed E-state index contributed by atoms with van der Waals surface area (Å²) in [6.07, 6.45) is 1.26. The first-order chi connectivity index (χ1) is 15.0. The van der Waals surface area contributed by atoms with Crippen LogP contribution in [0.3, 0.4) is 0 Å². The lowest BCUT2D eigenvalue weighted by atomic mass is 9.87. The van der Waals surface area contributed by atoms with Crippen molar-refractivity contribution < 1.29 is 19.2 Å². The summed E-state index contributed by atoms with van der Waals surface area (Å²) in [5.41, 5.74) is 1.45. The number of carbonyl (C=O) groups is 1. The van der Waals surface area contributed by atoms with Gasteiger partial charge in [0.05, 0.1) is 24.7 Å². The van der Waals surface area contributed by atoms with Crippen molar-refractivity contribution in [1.29, 1.82) is 0 Å². The number of aryl methyl sites for hydroxylation is 2. The maximum atomic E-state index is 12.7. The number of anilines is 1. The van der Waals surface area contributed by atoms with Crippen LogP contribution in [0.5, 0.6) is 11.5 Å². The van der Waals surface area contributed by atoms with Crippen molar-refractivity contribution in [3.05, 3.63) is 57.6 Å². The molecule has 9 heteroatoms. The van der Waals surface area contributed by atoms with Crippen LogP contribution in [0.25, 0.3) is 0 Å². The maximum Gasteiger partial charge on any atom is 0.296 e. The number of hydrogen-bond acceptors (Lipinski definition) is 6. The molecule has 0 radical (unpaired) electrons. The van der Waals surface area contributed by atoms with Crippen LogP contribution >= 0.6 is 12.2 Å². The lowest BCUT2D eigenvalue weighted by molar-refractivity contribution is -0.384. The maximum absolute atomic E-state index is 12.7. The minimum Gasteiger partial charge on any atom is -0.496 e. The number of hydrogen-bond donors (Lipinski definition) is 2. The van der Waals surface area contributed by atoms with Gasteiger partial charge in [-0.25, -0.2) is 0 Å². The van der Waals surface area contributed by atoms with Gasteiger partial charge in [-0.3, -0.25) is 14.9 Å². The first-order valence-corrected chi connectivity index (χ1v) is 10.6. The van der Waals surface area contributed by atoms with Crippen molar-refractivity contribution in [2.24, 2.45) is 5.41 Å². The largest absolute Gasteiger partial charge is 0.496 e. The highest BCUT2D eigenvalue weighted by Crippen LogP contribution is 2.29. The Labute approximate surface area is 193 Å². The van der Waals surface area contributed by atoms with Crippen LogP contribution in [0, 0.1) is 29.4 Å². The Morgan fingerprint density at radius 3 is 2.56 bits per heavy atom. The molecule has 2 aromatic rings. The van der Waals surface area contributed by atoms with Crippen molar-refractivity contribution in [2.45, 2.75) is 40.5 Å². The molecule has 172 valence electrons. The van der Waals surface area contributed by atoms with Gasteiger partial charge in [0.1, 0.15) is 17.2 Å². The van der Waals surface area contributed by atoms with Gasteiger partial charge < -0.3 is 20.1 Å². The average molecular weight is 460 g/mol. The molecule has 0 unspecified atom stereocenters. The van der Waals surface area contributed by atoms with Gasteiger partial charge in [0.2, 0.25) is 5.91 Å². The summed E-state index contributed by atoms with van der Waals surface area (Å²) in [6.45, 7) is 8.13. The Kier molecular flexibility index (Phi) is 8.54. The van der Waals surface area contributed by atoms with E-state index in [1.807, 2.05) is 45.9 Å². The normalized spacial score (nSPS) is 10.9. The fraction of sp³-hybridized carbons (Fsp3) is 0.391. The predicted molar refractivity (Wildman–Crippen MR) is 128 cm³/mol. The lowest BCUT2D eigenvalue weighted by Crippen LogP contribution is -2.42. The minimum atomic E-state index is -0.706. The van der Waals surface area contributed by atoms with Gasteiger partial charge in [-0.1, -0.05) is 26.0 Å². The quantitative estimate of drug-likeness (QED) is 0.237. The second-order valence-electron chi connectivity index (χ2n) is 8.15. The summed E-state index contributed by atoms with van der Waals surface area (Å²) >= 11 is 5.19. The van der Waals surface area contributed by atoms with Crippen LogP contribution in [-0.4, -0.2) is 29.7 Å². The molecule has 0 aliphatic heterocycles. The van der Waals surface area contributed by atoms with E-state index in [1.54, 1.807) is 6.07 Å². The first-order valence-electron chi connectivity index (χ1n) is 10.2. The summed E-state index contributed by atoms with van der Waals surface area (Å²) in [4.78, 5) is 23.5. The summed E-state index contributed by atoms with van der Waals surface area (Å²) in [7, 11) is 1.42. The molecular weight excluding hydrogens is 430 g/mol. The molecule has 2 aromatic carbocycles. The third-order valence-corrected chi connectivity index (χ3v) is 5.24. The highest BCUT2D eigenvalue weighted by molar-refractivity contribution is 7.80. The van der Waals surface area contributed by atoms with Crippen molar-refractivity contribution in [3.8, 4) is 11.5 Å². The Morgan fingerprint density at radius 2 is 1.91 bits per heavy atom. The molecule has 8 nitrogen and oxygen atoms in total. The number of rotatable bonds is 9. The minimum absolute atomic E-state index is 0.0111. The van der Waals surface area contributed by atoms with E-state index >= 15 is 0 Å². The molecular formula is C23H29N3O5S. The fourth-order valence-corrected chi connectivity index (χ4v) is 3.20. The monoisotopic (exact) mass is 459 g/mol. The van der Waals surface area contributed by atoms with Crippen molar-refractivity contribution in [3.63, 3.8) is 0 Å². The molecule has 2 N–H and O–H groups in total. The van der Waals surface area contributed by atoms with Gasteiger partial charge in [-0.2, -0.15) is 0 Å². The molecule has 2 rings (SSSR count). The van der Waals surface area contributed by atoms with Crippen LogP contribution < -0.4 is 20.1 Å². The molecule has 0 fully saturated rings. The SMILES string of the molecule is COc1ccc(NC(=S)NC(=O)C(C)(C)CCCOc2cc(C)ccc2C)c([N+](=O)[O-])c1. The topological polar surface area (TPSA) is 103 Å². The van der Waals surface area contributed by atoms with Crippen LogP contribution in [0.4, 0.5) is 11.4 Å². The molecule has 0 bridgehead atoms. The number of amides is 1. The first kappa shape index (κ1) is 25.1. The third kappa shape index (κ3) is 6.91. The van der Waals surface area contributed by atoms with Gasteiger partial charge in [0.25, 0.3) is 5.69 Å². The van der Waals surface area contributed by atoms with Gasteiger partial charge in [0.15, 0.2) is 5.11 Å². The number of nitro groups is 1. The molecule has 0 aromatic heterocycles. The standard InChI is InChI=1S/C23H29N3O5S/c1-15-7-8-16(2)20(13-15)31-12-6-11-23(3,4)21(27)25-22(32)24-18-10-9-17(30-5)14-19(18)26(28)29/h7-10,13-14H,6,11-12H2,1-5H3,(H2,24,25,27,32). The Balaban J connectivity index is 1.89. The summed E-state index contributed by atoms with van der Waals surface area (Å²) in [5.74, 6) is 0.915. The Hall–Kier alpha value is -3.20. The second kappa shape index (κ2) is 10.9. The summed E-state index contributed by atoms with van der Waals surface area (Å²) in [5, 5.41) is 16.6. The predicted octanol–water partition coefficient (Wildman–Crippen LogP) is 4.92. The number of nitrogens with zero attached hydrogens (tertiary/aromatic N) is 1. The van der Waals surface area contributed by atoms with Crippen molar-refractivity contribution in [2.75, 3.05) is 19.0 Å². The van der Waals surface area contributed by atoms with E-state index in [9.17, 15) is 14.9 Å². The highest BCUT2D eigenvalue weighted by Gasteiger charge is 2.28. The fourth-order valence-electron chi connectivity index (χ4n) is 2.99. The number of ether oxygens (including phenoxy) is 2. The Morgan fingerprint density at radius 1 is 1.19 bits per heavy atom. The smallest absolute Gasteiger partial charge is 0.296 e. The lowest BCUT2D eigenvalue weighted by Gasteiger charge is -2.24. The molecule has 0 heterocycles. The molecule has 0 saturated heterocycles. The van der Waals surface area contributed by atoms with E-state index in [0.717, 1.165) is 16.9 Å². The molecule has 0 saturated carbocycles.